The first-order valence-corrected chi connectivity index (χ1v) is 9.50. The Morgan fingerprint density at radius 3 is 2.29 bits per heavy atom. The van der Waals surface area contributed by atoms with E-state index in [9.17, 15) is 0 Å². The van der Waals surface area contributed by atoms with Crippen molar-refractivity contribution in [2.75, 3.05) is 24.6 Å². The van der Waals surface area contributed by atoms with Gasteiger partial charge in [-0.15, -0.1) is 23.5 Å². The minimum Gasteiger partial charge on any atom is -0.363 e. The quantitative estimate of drug-likeness (QED) is 0.318. The Kier molecular flexibility index (Phi) is 9.63. The highest BCUT2D eigenvalue weighted by Gasteiger charge is 1.97. The highest BCUT2D eigenvalue weighted by molar-refractivity contribution is 7.99. The molecule has 2 N–H and O–H groups in total. The first kappa shape index (κ1) is 18.4. The molecule has 0 heterocycles. The van der Waals surface area contributed by atoms with Crippen molar-refractivity contribution in [1.82, 2.24) is 10.6 Å². The number of rotatable bonds is 8. The van der Waals surface area contributed by atoms with Gasteiger partial charge in [-0.1, -0.05) is 11.6 Å². The van der Waals surface area contributed by atoms with E-state index in [1.54, 1.807) is 0 Å². The molecule has 0 atom stereocenters. The summed E-state index contributed by atoms with van der Waals surface area (Å²) in [5.41, 5.74) is 1.37. The molecule has 0 amide bonds. The van der Waals surface area contributed by atoms with E-state index in [0.717, 1.165) is 29.7 Å². The van der Waals surface area contributed by atoms with Crippen LogP contribution in [0.4, 0.5) is 0 Å². The third kappa shape index (κ3) is 9.06. The highest BCUT2D eigenvalue weighted by atomic mass is 32.2. The predicted molar refractivity (Wildman–Crippen MR) is 102 cm³/mol. The summed E-state index contributed by atoms with van der Waals surface area (Å²) in [6.07, 6.45) is 2.26. The molecule has 1 aromatic rings. The Hall–Kier alpha value is -0.650. The van der Waals surface area contributed by atoms with Crippen molar-refractivity contribution >= 4 is 40.9 Å². The zero-order valence-corrected chi connectivity index (χ0v) is 15.4. The minimum atomic E-state index is 0.740. The Morgan fingerprint density at radius 1 is 1.10 bits per heavy atom. The molecular formula is C16H24N2S3. The lowest BCUT2D eigenvalue weighted by molar-refractivity contribution is 0.887. The van der Waals surface area contributed by atoms with Gasteiger partial charge in [0, 0.05) is 34.4 Å². The standard InChI is InChI=1S/C16H24N2S3/c1-4-17-16(19)18-10-12-21-15-7-5-14(6-8-15)20-11-9-13(2)3/h5-9H,4,10-12H2,1-3H3,(H2,17,18,19). The fourth-order valence-corrected chi connectivity index (χ4v) is 3.45. The van der Waals surface area contributed by atoms with E-state index >= 15 is 0 Å². The average Bonchev–Trinajstić information content (AvgIpc) is 2.45. The van der Waals surface area contributed by atoms with Crippen molar-refractivity contribution in [2.45, 2.75) is 30.6 Å². The Balaban J connectivity index is 2.25. The summed E-state index contributed by atoms with van der Waals surface area (Å²) in [5.74, 6) is 2.05. The number of hydrogen-bond donors (Lipinski definition) is 2. The van der Waals surface area contributed by atoms with E-state index in [1.165, 1.54) is 15.4 Å². The molecular weight excluding hydrogens is 316 g/mol. The average molecular weight is 341 g/mol. The molecule has 1 rings (SSSR count). The van der Waals surface area contributed by atoms with Crippen molar-refractivity contribution in [2.24, 2.45) is 0 Å². The van der Waals surface area contributed by atoms with Crippen LogP contribution in [0.3, 0.4) is 0 Å². The van der Waals surface area contributed by atoms with Crippen molar-refractivity contribution < 1.29 is 0 Å². The van der Waals surface area contributed by atoms with E-state index in [-0.39, 0.29) is 0 Å². The van der Waals surface area contributed by atoms with Gasteiger partial charge in [0.05, 0.1) is 0 Å². The van der Waals surface area contributed by atoms with Crippen LogP contribution in [0.5, 0.6) is 0 Å². The van der Waals surface area contributed by atoms with Crippen LogP contribution in [-0.2, 0) is 0 Å². The lowest BCUT2D eigenvalue weighted by atomic mass is 10.3. The summed E-state index contributed by atoms with van der Waals surface area (Å²) in [6.45, 7) is 8.06. The fourth-order valence-electron chi connectivity index (χ4n) is 1.49. The molecule has 21 heavy (non-hydrogen) atoms. The van der Waals surface area contributed by atoms with Gasteiger partial charge in [0.1, 0.15) is 0 Å². The molecule has 0 aliphatic carbocycles. The first-order chi connectivity index (χ1) is 10.1. The molecule has 0 unspecified atom stereocenters. The first-order valence-electron chi connectivity index (χ1n) is 7.12. The smallest absolute Gasteiger partial charge is 0.166 e. The van der Waals surface area contributed by atoms with Gasteiger partial charge in [0.2, 0.25) is 0 Å². The summed E-state index contributed by atoms with van der Waals surface area (Å²) < 4.78 is 0. The second-order valence-electron chi connectivity index (χ2n) is 4.70. The van der Waals surface area contributed by atoms with Crippen molar-refractivity contribution in [3.63, 3.8) is 0 Å². The van der Waals surface area contributed by atoms with Gasteiger partial charge in [-0.3, -0.25) is 0 Å². The third-order valence-electron chi connectivity index (χ3n) is 2.56. The van der Waals surface area contributed by atoms with E-state index in [1.807, 2.05) is 30.4 Å². The molecule has 5 heteroatoms. The van der Waals surface area contributed by atoms with E-state index in [2.05, 4.69) is 54.8 Å². The highest BCUT2D eigenvalue weighted by Crippen LogP contribution is 2.23. The summed E-state index contributed by atoms with van der Waals surface area (Å²) in [6, 6.07) is 8.78. The number of benzene rings is 1. The SMILES string of the molecule is CCNC(=S)NCCSc1ccc(SCC=C(C)C)cc1. The molecule has 0 saturated heterocycles. The van der Waals surface area contributed by atoms with Crippen LogP contribution in [-0.4, -0.2) is 29.7 Å². The van der Waals surface area contributed by atoms with Crippen LogP contribution >= 0.6 is 35.7 Å². The topological polar surface area (TPSA) is 24.1 Å². The molecule has 0 fully saturated rings. The summed E-state index contributed by atoms with van der Waals surface area (Å²) in [5, 5.41) is 7.02. The summed E-state index contributed by atoms with van der Waals surface area (Å²) in [7, 11) is 0. The maximum Gasteiger partial charge on any atom is 0.166 e. The van der Waals surface area contributed by atoms with Crippen molar-refractivity contribution in [1.29, 1.82) is 0 Å². The van der Waals surface area contributed by atoms with Gasteiger partial charge in [-0.25, -0.2) is 0 Å². The number of thiocarbonyl (C=S) groups is 1. The van der Waals surface area contributed by atoms with Gasteiger partial charge in [-0.05, 0) is 57.3 Å². The molecule has 2 nitrogen and oxygen atoms in total. The molecule has 0 aliphatic rings. The van der Waals surface area contributed by atoms with E-state index in [0.29, 0.717) is 0 Å². The van der Waals surface area contributed by atoms with Crippen LogP contribution in [0.1, 0.15) is 20.8 Å². The molecule has 0 radical (unpaired) electrons. The van der Waals surface area contributed by atoms with Crippen LogP contribution in [0.25, 0.3) is 0 Å². The number of hydrogen-bond acceptors (Lipinski definition) is 3. The second kappa shape index (κ2) is 11.0. The predicted octanol–water partition coefficient (Wildman–Crippen LogP) is 4.32. The van der Waals surface area contributed by atoms with Crippen LogP contribution in [0.15, 0.2) is 45.7 Å². The third-order valence-corrected chi connectivity index (χ3v) is 4.80. The number of thioether (sulfide) groups is 2. The van der Waals surface area contributed by atoms with Crippen LogP contribution < -0.4 is 10.6 Å². The maximum atomic E-state index is 5.12. The molecule has 0 bridgehead atoms. The molecule has 0 spiro atoms. The number of allylic oxidation sites excluding steroid dienone is 1. The Morgan fingerprint density at radius 2 is 1.71 bits per heavy atom. The lowest BCUT2D eigenvalue weighted by Crippen LogP contribution is -2.36. The van der Waals surface area contributed by atoms with Crippen molar-refractivity contribution in [3.05, 3.63) is 35.9 Å². The van der Waals surface area contributed by atoms with Gasteiger partial charge in [0.15, 0.2) is 5.11 Å². The lowest BCUT2D eigenvalue weighted by Gasteiger charge is -2.08. The molecule has 0 aromatic heterocycles. The van der Waals surface area contributed by atoms with E-state index < -0.39 is 0 Å². The van der Waals surface area contributed by atoms with Gasteiger partial charge < -0.3 is 10.6 Å². The van der Waals surface area contributed by atoms with Crippen molar-refractivity contribution in [3.8, 4) is 0 Å². The normalized spacial score (nSPS) is 10.0. The zero-order valence-electron chi connectivity index (χ0n) is 12.9. The Bertz CT molecular complexity index is 451. The van der Waals surface area contributed by atoms with Gasteiger partial charge in [-0.2, -0.15) is 0 Å². The minimum absolute atomic E-state index is 0.740. The maximum absolute atomic E-state index is 5.12. The monoisotopic (exact) mass is 340 g/mol. The summed E-state index contributed by atoms with van der Waals surface area (Å²) in [4.78, 5) is 2.63. The molecule has 0 saturated carbocycles. The zero-order chi connectivity index (χ0) is 15.5. The number of nitrogens with one attached hydrogen (secondary N) is 2. The van der Waals surface area contributed by atoms with Crippen LogP contribution in [0, 0.1) is 0 Å². The van der Waals surface area contributed by atoms with E-state index in [4.69, 9.17) is 12.2 Å². The molecule has 0 aliphatic heterocycles. The Labute approximate surface area is 142 Å². The molecule has 116 valence electrons. The van der Waals surface area contributed by atoms with Gasteiger partial charge >= 0.3 is 0 Å². The summed E-state index contributed by atoms with van der Waals surface area (Å²) >= 11 is 8.84. The van der Waals surface area contributed by atoms with Gasteiger partial charge in [0.25, 0.3) is 0 Å². The largest absolute Gasteiger partial charge is 0.363 e. The van der Waals surface area contributed by atoms with Crippen LogP contribution in [0.2, 0.25) is 0 Å². The second-order valence-corrected chi connectivity index (χ2v) is 7.37. The fraction of sp³-hybridized carbons (Fsp3) is 0.438. The molecule has 1 aromatic carbocycles.